The highest BCUT2D eigenvalue weighted by molar-refractivity contribution is 7.99. The van der Waals surface area contributed by atoms with Gasteiger partial charge in [0.15, 0.2) is 0 Å². The summed E-state index contributed by atoms with van der Waals surface area (Å²) < 4.78 is 0. The van der Waals surface area contributed by atoms with E-state index in [1.807, 2.05) is 51.0 Å². The molecule has 1 aliphatic heterocycles. The maximum absolute atomic E-state index is 12.9. The molecule has 0 saturated heterocycles. The Balaban J connectivity index is 1.97. The van der Waals surface area contributed by atoms with Gasteiger partial charge in [-0.25, -0.2) is 9.97 Å². The number of carbonyl (C=O) groups excluding carboxylic acids is 2. The van der Waals surface area contributed by atoms with Crippen molar-refractivity contribution in [1.82, 2.24) is 25.5 Å². The number of aromatic nitrogens is 2. The van der Waals surface area contributed by atoms with Gasteiger partial charge in [-0.3, -0.25) is 9.59 Å². The van der Waals surface area contributed by atoms with E-state index in [2.05, 4.69) is 20.6 Å². The minimum absolute atomic E-state index is 0.0167. The number of nitrogens with zero attached hydrogens (tertiary/aromatic N) is 3. The van der Waals surface area contributed by atoms with Crippen molar-refractivity contribution >= 4 is 29.5 Å². The van der Waals surface area contributed by atoms with Gasteiger partial charge in [0.05, 0.1) is 5.69 Å². The quantitative estimate of drug-likeness (QED) is 0.610. The molecule has 1 aliphatic rings. The molecule has 0 aliphatic carbocycles. The summed E-state index contributed by atoms with van der Waals surface area (Å²) >= 11 is 1.47. The Morgan fingerprint density at radius 3 is 2.61 bits per heavy atom. The highest BCUT2D eigenvalue weighted by Crippen LogP contribution is 2.29. The van der Waals surface area contributed by atoms with Crippen LogP contribution in [0.15, 0.2) is 23.2 Å². The zero-order chi connectivity index (χ0) is 22.5. The van der Waals surface area contributed by atoms with Crippen molar-refractivity contribution in [3.05, 3.63) is 34.9 Å². The zero-order valence-electron chi connectivity index (χ0n) is 18.5. The lowest BCUT2D eigenvalue weighted by atomic mass is 9.97. The number of nitrogen functional groups attached to an aromatic ring is 1. The molecule has 0 saturated carbocycles. The number of hydrogen-bond acceptors (Lipinski definition) is 7. The van der Waals surface area contributed by atoms with Crippen molar-refractivity contribution in [3.8, 4) is 11.3 Å². The lowest BCUT2D eigenvalue weighted by Crippen LogP contribution is -2.44. The molecule has 2 heterocycles. The Morgan fingerprint density at radius 2 is 1.87 bits per heavy atom. The summed E-state index contributed by atoms with van der Waals surface area (Å²) in [7, 11) is 3.93. The Labute approximate surface area is 187 Å². The molecule has 0 fully saturated rings. The molecule has 1 aromatic carbocycles. The number of nitrogens with one attached hydrogen (secondary N) is 2. The largest absolute Gasteiger partial charge is 0.368 e. The van der Waals surface area contributed by atoms with Crippen LogP contribution in [0.5, 0.6) is 0 Å². The number of fused-ring (bicyclic) bond motifs is 5. The molecule has 3 rings (SSSR count). The van der Waals surface area contributed by atoms with Crippen LogP contribution >= 0.6 is 11.8 Å². The van der Waals surface area contributed by atoms with Gasteiger partial charge < -0.3 is 21.3 Å². The van der Waals surface area contributed by atoms with Crippen molar-refractivity contribution in [3.63, 3.8) is 0 Å². The van der Waals surface area contributed by atoms with Crippen LogP contribution in [0.2, 0.25) is 0 Å². The van der Waals surface area contributed by atoms with E-state index in [1.165, 1.54) is 11.8 Å². The Bertz CT molecular complexity index is 979. The molecular weight excluding hydrogens is 412 g/mol. The van der Waals surface area contributed by atoms with E-state index >= 15 is 0 Å². The number of likely N-dealkylation sites (N-methyl/N-ethyl adjacent to an activating group) is 1. The number of hydrogen-bond donors (Lipinski definition) is 3. The van der Waals surface area contributed by atoms with Crippen LogP contribution in [-0.2, 0) is 4.79 Å². The van der Waals surface area contributed by atoms with E-state index in [0.717, 1.165) is 16.7 Å². The third-order valence-electron chi connectivity index (χ3n) is 5.12. The molecule has 2 aromatic rings. The number of carbonyl (C=O) groups is 2. The molecule has 1 atom stereocenters. The van der Waals surface area contributed by atoms with E-state index in [9.17, 15) is 9.59 Å². The van der Waals surface area contributed by atoms with Crippen molar-refractivity contribution in [1.29, 1.82) is 0 Å². The van der Waals surface area contributed by atoms with E-state index in [1.54, 1.807) is 0 Å². The monoisotopic (exact) mass is 442 g/mol. The number of anilines is 1. The van der Waals surface area contributed by atoms with Gasteiger partial charge >= 0.3 is 0 Å². The van der Waals surface area contributed by atoms with Gasteiger partial charge in [-0.2, -0.15) is 0 Å². The third-order valence-corrected chi connectivity index (χ3v) is 6.03. The standard InChI is InChI=1S/C22H30N6O2S/c1-13-9-14(2)17-10-16(13)18-11-20(27-22(23)26-18)31-8-6-19(29)25-15(12-28(3)4)5-7-24-21(17)30/h9-11,15H,5-8,12H2,1-4H3,(H,24,30)(H,25,29)(H2,23,26,27). The summed E-state index contributed by atoms with van der Waals surface area (Å²) in [6.07, 6.45) is 1.02. The van der Waals surface area contributed by atoms with Gasteiger partial charge in [-0.1, -0.05) is 6.07 Å². The predicted molar refractivity (Wildman–Crippen MR) is 124 cm³/mol. The Kier molecular flexibility index (Phi) is 7.50. The maximum atomic E-state index is 12.9. The molecule has 4 bridgehead atoms. The molecule has 9 heteroatoms. The number of thioether (sulfide) groups is 1. The van der Waals surface area contributed by atoms with E-state index < -0.39 is 0 Å². The lowest BCUT2D eigenvalue weighted by Gasteiger charge is -2.23. The summed E-state index contributed by atoms with van der Waals surface area (Å²) in [4.78, 5) is 36.1. The molecular formula is C22H30N6O2S. The fourth-order valence-corrected chi connectivity index (χ4v) is 4.53. The fraction of sp³-hybridized carbons (Fsp3) is 0.455. The minimum atomic E-state index is -0.141. The number of nitrogens with two attached hydrogens (primary N) is 1. The Morgan fingerprint density at radius 1 is 1.13 bits per heavy atom. The SMILES string of the molecule is Cc1cc(C)c2cc1C(=O)NCCC(CN(C)C)NC(=O)CCSc1cc-2nc(N)n1. The summed E-state index contributed by atoms with van der Waals surface area (Å²) in [6, 6.07) is 5.69. The third kappa shape index (κ3) is 6.18. The van der Waals surface area contributed by atoms with Crippen LogP contribution in [0.25, 0.3) is 11.3 Å². The van der Waals surface area contributed by atoms with Crippen LogP contribution in [0.4, 0.5) is 5.95 Å². The molecule has 0 radical (unpaired) electrons. The van der Waals surface area contributed by atoms with Crippen LogP contribution in [0.3, 0.4) is 0 Å². The van der Waals surface area contributed by atoms with Crippen molar-refractivity contribution in [2.24, 2.45) is 0 Å². The first-order valence-corrected chi connectivity index (χ1v) is 11.3. The van der Waals surface area contributed by atoms with Gasteiger partial charge in [0, 0.05) is 42.4 Å². The maximum Gasteiger partial charge on any atom is 0.251 e. The fourth-order valence-electron chi connectivity index (χ4n) is 3.68. The second kappa shape index (κ2) is 10.1. The predicted octanol–water partition coefficient (Wildman–Crippen LogP) is 2.00. The van der Waals surface area contributed by atoms with Crippen molar-refractivity contribution in [2.45, 2.75) is 37.8 Å². The van der Waals surface area contributed by atoms with Gasteiger partial charge in [0.2, 0.25) is 11.9 Å². The summed E-state index contributed by atoms with van der Waals surface area (Å²) in [5.41, 5.74) is 9.99. The second-order valence-electron chi connectivity index (χ2n) is 8.10. The lowest BCUT2D eigenvalue weighted by molar-refractivity contribution is -0.121. The zero-order valence-corrected chi connectivity index (χ0v) is 19.3. The minimum Gasteiger partial charge on any atom is -0.368 e. The molecule has 1 aromatic heterocycles. The Hall–Kier alpha value is -2.65. The van der Waals surface area contributed by atoms with Crippen molar-refractivity contribution in [2.75, 3.05) is 38.7 Å². The molecule has 166 valence electrons. The first kappa shape index (κ1) is 23.0. The normalized spacial score (nSPS) is 17.9. The molecule has 4 N–H and O–H groups in total. The number of aryl methyl sites for hydroxylation is 2. The molecule has 1 unspecified atom stereocenters. The van der Waals surface area contributed by atoms with Gasteiger partial charge in [-0.05, 0) is 57.6 Å². The highest BCUT2D eigenvalue weighted by atomic mass is 32.2. The average Bonchev–Trinajstić information content (AvgIpc) is 2.66. The smallest absolute Gasteiger partial charge is 0.251 e. The number of benzene rings is 1. The first-order chi connectivity index (χ1) is 14.7. The number of amides is 2. The topological polar surface area (TPSA) is 113 Å². The van der Waals surface area contributed by atoms with E-state index in [4.69, 9.17) is 5.73 Å². The van der Waals surface area contributed by atoms with E-state index in [0.29, 0.717) is 48.0 Å². The second-order valence-corrected chi connectivity index (χ2v) is 9.22. The van der Waals surface area contributed by atoms with Crippen LogP contribution < -0.4 is 16.4 Å². The van der Waals surface area contributed by atoms with Crippen LogP contribution in [0, 0.1) is 13.8 Å². The van der Waals surface area contributed by atoms with E-state index in [-0.39, 0.29) is 23.8 Å². The summed E-state index contributed by atoms with van der Waals surface area (Å²) in [5, 5.41) is 6.79. The van der Waals surface area contributed by atoms with Gasteiger partial charge in [0.1, 0.15) is 5.03 Å². The van der Waals surface area contributed by atoms with Crippen molar-refractivity contribution < 1.29 is 9.59 Å². The first-order valence-electron chi connectivity index (χ1n) is 10.3. The average molecular weight is 443 g/mol. The molecule has 8 nitrogen and oxygen atoms in total. The molecule has 2 amide bonds. The van der Waals surface area contributed by atoms with Crippen LogP contribution in [0.1, 0.15) is 34.3 Å². The molecule has 0 spiro atoms. The number of rotatable bonds is 2. The van der Waals surface area contributed by atoms with Crippen LogP contribution in [-0.4, -0.2) is 65.7 Å². The van der Waals surface area contributed by atoms with Gasteiger partial charge in [0.25, 0.3) is 5.91 Å². The summed E-state index contributed by atoms with van der Waals surface area (Å²) in [5.74, 6) is 0.600. The molecule has 31 heavy (non-hydrogen) atoms. The highest BCUT2D eigenvalue weighted by Gasteiger charge is 2.18. The summed E-state index contributed by atoms with van der Waals surface area (Å²) in [6.45, 7) is 5.09. The van der Waals surface area contributed by atoms with Gasteiger partial charge in [-0.15, -0.1) is 11.8 Å².